The number of alkyl halides is 3. The molecule has 2 rings (SSSR count). The average Bonchev–Trinajstić information content (AvgIpc) is 2.68. The van der Waals surface area contributed by atoms with E-state index in [1.54, 1.807) is 18.2 Å². The minimum absolute atomic E-state index is 0.0917. The van der Waals surface area contributed by atoms with E-state index in [1.807, 2.05) is 5.32 Å². The van der Waals surface area contributed by atoms with Crippen LogP contribution in [-0.2, 0) is 22.2 Å². The molecule has 0 radical (unpaired) electrons. The number of anilines is 1. The van der Waals surface area contributed by atoms with Crippen LogP contribution in [0.5, 0.6) is 11.5 Å². The first-order chi connectivity index (χ1) is 13.7. The second-order valence-electron chi connectivity index (χ2n) is 5.84. The molecule has 2 aromatic rings. The van der Waals surface area contributed by atoms with E-state index in [0.717, 1.165) is 11.6 Å². The number of rotatable bonds is 6. The monoisotopic (exact) mass is 430 g/mol. The van der Waals surface area contributed by atoms with Gasteiger partial charge in [0, 0.05) is 11.6 Å². The molecule has 0 bridgehead atoms. The standard InChI is InChI=1S/C19H18ClF3N2O4/c1-28-15-6-3-11(9-16(15)29-2)7-8-24-17(26)18(27)25-14-5-4-12(20)10-13(14)19(21,22)23/h3-6,9-10H,7-8H2,1-2H3,(H,24,26)(H,25,27). The summed E-state index contributed by atoms with van der Waals surface area (Å²) in [7, 11) is 2.99. The van der Waals surface area contributed by atoms with E-state index < -0.39 is 29.2 Å². The normalized spacial score (nSPS) is 11.0. The summed E-state index contributed by atoms with van der Waals surface area (Å²) in [4.78, 5) is 23.9. The molecule has 10 heteroatoms. The largest absolute Gasteiger partial charge is 0.493 e. The molecule has 0 unspecified atom stereocenters. The van der Waals surface area contributed by atoms with E-state index in [9.17, 15) is 22.8 Å². The lowest BCUT2D eigenvalue weighted by molar-refractivity contribution is -0.138. The van der Waals surface area contributed by atoms with E-state index in [4.69, 9.17) is 21.1 Å². The summed E-state index contributed by atoms with van der Waals surface area (Å²) in [6.07, 6.45) is -4.37. The van der Waals surface area contributed by atoms with Gasteiger partial charge in [0.25, 0.3) is 0 Å². The van der Waals surface area contributed by atoms with E-state index in [2.05, 4.69) is 5.32 Å². The summed E-state index contributed by atoms with van der Waals surface area (Å²) in [6.45, 7) is 0.0917. The maximum Gasteiger partial charge on any atom is 0.418 e. The zero-order chi connectivity index (χ0) is 21.6. The molecular formula is C19H18ClF3N2O4. The van der Waals surface area contributed by atoms with Crippen molar-refractivity contribution in [2.45, 2.75) is 12.6 Å². The van der Waals surface area contributed by atoms with Gasteiger partial charge < -0.3 is 20.1 Å². The quantitative estimate of drug-likeness (QED) is 0.685. The number of hydrogen-bond donors (Lipinski definition) is 2. The van der Waals surface area contributed by atoms with Crippen molar-refractivity contribution in [3.63, 3.8) is 0 Å². The Morgan fingerprint density at radius 3 is 2.31 bits per heavy atom. The van der Waals surface area contributed by atoms with Gasteiger partial charge in [0.05, 0.1) is 25.5 Å². The molecule has 6 nitrogen and oxygen atoms in total. The number of halogens is 4. The van der Waals surface area contributed by atoms with Gasteiger partial charge in [0.2, 0.25) is 0 Å². The Hall–Kier alpha value is -2.94. The van der Waals surface area contributed by atoms with E-state index in [-0.39, 0.29) is 11.6 Å². The molecule has 0 heterocycles. The predicted molar refractivity (Wildman–Crippen MR) is 101 cm³/mol. The van der Waals surface area contributed by atoms with Crippen LogP contribution in [0.1, 0.15) is 11.1 Å². The number of ether oxygens (including phenoxy) is 2. The van der Waals surface area contributed by atoms with Gasteiger partial charge in [0.15, 0.2) is 11.5 Å². The topological polar surface area (TPSA) is 76.7 Å². The van der Waals surface area contributed by atoms with E-state index in [1.165, 1.54) is 20.3 Å². The van der Waals surface area contributed by atoms with Crippen LogP contribution in [0.15, 0.2) is 36.4 Å². The van der Waals surface area contributed by atoms with Crippen molar-refractivity contribution in [1.82, 2.24) is 5.32 Å². The Morgan fingerprint density at radius 1 is 1.00 bits per heavy atom. The molecule has 29 heavy (non-hydrogen) atoms. The Bertz CT molecular complexity index is 904. The third kappa shape index (κ3) is 6.02. The second-order valence-corrected chi connectivity index (χ2v) is 6.27. The highest BCUT2D eigenvalue weighted by atomic mass is 35.5. The first-order valence-corrected chi connectivity index (χ1v) is 8.70. The predicted octanol–water partition coefficient (Wildman–Crippen LogP) is 3.67. The molecule has 2 aromatic carbocycles. The molecule has 0 aliphatic carbocycles. The number of nitrogens with one attached hydrogen (secondary N) is 2. The molecule has 0 aliphatic heterocycles. The second kappa shape index (κ2) is 9.51. The van der Waals surface area contributed by atoms with Crippen molar-refractivity contribution in [2.24, 2.45) is 0 Å². The summed E-state index contributed by atoms with van der Waals surface area (Å²) in [6, 6.07) is 8.01. The smallest absolute Gasteiger partial charge is 0.418 e. The highest BCUT2D eigenvalue weighted by Crippen LogP contribution is 2.36. The SMILES string of the molecule is COc1ccc(CCNC(=O)C(=O)Nc2ccc(Cl)cc2C(F)(F)F)cc1OC. The Morgan fingerprint density at radius 2 is 1.69 bits per heavy atom. The van der Waals surface area contributed by atoms with Gasteiger partial charge in [-0.1, -0.05) is 17.7 Å². The highest BCUT2D eigenvalue weighted by molar-refractivity contribution is 6.39. The minimum Gasteiger partial charge on any atom is -0.493 e. The number of carbonyl (C=O) groups is 2. The molecule has 156 valence electrons. The third-order valence-electron chi connectivity index (χ3n) is 3.89. The zero-order valence-corrected chi connectivity index (χ0v) is 16.3. The summed E-state index contributed by atoms with van der Waals surface area (Å²) >= 11 is 5.58. The van der Waals surface area contributed by atoms with Crippen molar-refractivity contribution in [2.75, 3.05) is 26.1 Å². The maximum atomic E-state index is 13.1. The first-order valence-electron chi connectivity index (χ1n) is 8.32. The van der Waals surface area contributed by atoms with Gasteiger partial charge in [-0.25, -0.2) is 0 Å². The van der Waals surface area contributed by atoms with Gasteiger partial charge in [-0.3, -0.25) is 9.59 Å². The minimum atomic E-state index is -4.74. The molecule has 2 amide bonds. The molecule has 0 atom stereocenters. The fourth-order valence-corrected chi connectivity index (χ4v) is 2.65. The molecule has 0 saturated heterocycles. The van der Waals surface area contributed by atoms with Gasteiger partial charge in [-0.15, -0.1) is 0 Å². The lowest BCUT2D eigenvalue weighted by atomic mass is 10.1. The van der Waals surface area contributed by atoms with Gasteiger partial charge in [-0.05, 0) is 42.3 Å². The summed E-state index contributed by atoms with van der Waals surface area (Å²) in [5.41, 5.74) is -0.890. The van der Waals surface area contributed by atoms with Crippen molar-refractivity contribution in [3.05, 3.63) is 52.5 Å². The van der Waals surface area contributed by atoms with E-state index >= 15 is 0 Å². The van der Waals surface area contributed by atoms with Crippen molar-refractivity contribution < 1.29 is 32.2 Å². The molecule has 2 N–H and O–H groups in total. The Kier molecular flexibility index (Phi) is 7.33. The van der Waals surface area contributed by atoms with Crippen molar-refractivity contribution in [1.29, 1.82) is 0 Å². The number of carbonyl (C=O) groups excluding carboxylic acids is 2. The highest BCUT2D eigenvalue weighted by Gasteiger charge is 2.34. The van der Waals surface area contributed by atoms with E-state index in [0.29, 0.717) is 24.0 Å². The van der Waals surface area contributed by atoms with Gasteiger partial charge in [0.1, 0.15) is 0 Å². The molecule has 0 fully saturated rings. The van der Waals surface area contributed by atoms with Crippen molar-refractivity contribution >= 4 is 29.1 Å². The van der Waals surface area contributed by atoms with Crippen LogP contribution in [-0.4, -0.2) is 32.6 Å². The summed E-state index contributed by atoms with van der Waals surface area (Å²) in [5.74, 6) is -1.22. The fourth-order valence-electron chi connectivity index (χ4n) is 2.48. The Labute approximate surface area is 169 Å². The summed E-state index contributed by atoms with van der Waals surface area (Å²) < 4.78 is 49.5. The van der Waals surface area contributed by atoms with Gasteiger partial charge >= 0.3 is 18.0 Å². The summed E-state index contributed by atoms with van der Waals surface area (Å²) in [5, 5.41) is 4.17. The number of hydrogen-bond acceptors (Lipinski definition) is 4. The van der Waals surface area contributed by atoms with Crippen LogP contribution in [0.25, 0.3) is 0 Å². The number of methoxy groups -OCH3 is 2. The fraction of sp³-hybridized carbons (Fsp3) is 0.263. The number of amides is 2. The lowest BCUT2D eigenvalue weighted by Crippen LogP contribution is -2.36. The first kappa shape index (κ1) is 22.4. The molecular weight excluding hydrogens is 413 g/mol. The van der Waals surface area contributed by atoms with Crippen LogP contribution in [0.2, 0.25) is 5.02 Å². The zero-order valence-electron chi connectivity index (χ0n) is 15.5. The molecule has 0 spiro atoms. The maximum absolute atomic E-state index is 13.1. The van der Waals surface area contributed by atoms with Crippen LogP contribution in [0, 0.1) is 0 Å². The average molecular weight is 431 g/mol. The van der Waals surface area contributed by atoms with Crippen LogP contribution < -0.4 is 20.1 Å². The Balaban J connectivity index is 1.96. The van der Waals surface area contributed by atoms with Crippen LogP contribution in [0.4, 0.5) is 18.9 Å². The molecule has 0 aliphatic rings. The molecule has 0 saturated carbocycles. The number of benzene rings is 2. The van der Waals surface area contributed by atoms with Gasteiger partial charge in [-0.2, -0.15) is 13.2 Å². The lowest BCUT2D eigenvalue weighted by Gasteiger charge is -2.14. The van der Waals surface area contributed by atoms with Crippen molar-refractivity contribution in [3.8, 4) is 11.5 Å². The third-order valence-corrected chi connectivity index (χ3v) is 4.12. The molecule has 0 aromatic heterocycles. The van der Waals surface area contributed by atoms with Crippen LogP contribution >= 0.6 is 11.6 Å². The van der Waals surface area contributed by atoms with Crippen LogP contribution in [0.3, 0.4) is 0 Å².